The largest absolute Gasteiger partial charge is 0.328 e. The minimum atomic E-state index is 0.122. The molecule has 0 saturated heterocycles. The second-order valence-corrected chi connectivity index (χ2v) is 10.6. The van der Waals surface area contributed by atoms with E-state index in [1.54, 1.807) is 0 Å². The van der Waals surface area contributed by atoms with Crippen molar-refractivity contribution in [2.75, 3.05) is 0 Å². The van der Waals surface area contributed by atoms with Gasteiger partial charge in [-0.3, -0.25) is 14.1 Å². The molecule has 8 heteroatoms. The molecule has 200 valence electrons. The van der Waals surface area contributed by atoms with Crippen molar-refractivity contribution >= 4 is 0 Å². The summed E-state index contributed by atoms with van der Waals surface area (Å²) in [5.74, 6) is 1.78. The monoisotopic (exact) mass is 513 g/mol. The van der Waals surface area contributed by atoms with Crippen LogP contribution in [-0.4, -0.2) is 34.7 Å². The Morgan fingerprint density at radius 2 is 1.71 bits per heavy atom. The molecule has 4 aromatic rings. The van der Waals surface area contributed by atoms with E-state index in [4.69, 9.17) is 0 Å². The van der Waals surface area contributed by atoms with E-state index < -0.39 is 0 Å². The van der Waals surface area contributed by atoms with Crippen LogP contribution in [0.5, 0.6) is 0 Å². The van der Waals surface area contributed by atoms with Crippen molar-refractivity contribution in [1.29, 1.82) is 0 Å². The lowest BCUT2D eigenvalue weighted by Crippen LogP contribution is -2.37. The molecular formula is C30H39N7O. The Hall–Kier alpha value is -3.55. The summed E-state index contributed by atoms with van der Waals surface area (Å²) in [6.07, 6.45) is 13.1. The van der Waals surface area contributed by atoms with Crippen molar-refractivity contribution in [1.82, 2.24) is 34.7 Å². The third-order valence-corrected chi connectivity index (χ3v) is 8.33. The lowest BCUT2D eigenvalue weighted by Gasteiger charge is -2.38. The molecule has 1 N–H and O–H groups in total. The second kappa shape index (κ2) is 11.9. The number of tetrazole rings is 1. The van der Waals surface area contributed by atoms with Crippen molar-refractivity contribution in [2.24, 2.45) is 11.8 Å². The number of aryl methyl sites for hydroxylation is 1. The highest BCUT2D eigenvalue weighted by molar-refractivity contribution is 5.67. The topological polar surface area (TPSA) is 94.3 Å². The average Bonchev–Trinajstić information content (AvgIpc) is 3.60. The highest BCUT2D eigenvalue weighted by Crippen LogP contribution is 2.41. The third-order valence-electron chi connectivity index (χ3n) is 8.33. The molecule has 1 saturated carbocycles. The summed E-state index contributed by atoms with van der Waals surface area (Å²) in [6, 6.07) is 12.5. The highest BCUT2D eigenvalue weighted by Gasteiger charge is 2.34. The molecule has 0 spiro atoms. The normalized spacial score (nSPS) is 19.6. The Morgan fingerprint density at radius 1 is 0.974 bits per heavy atom. The molecule has 0 amide bonds. The summed E-state index contributed by atoms with van der Waals surface area (Å²) in [6.45, 7) is 7.25. The zero-order valence-corrected chi connectivity index (χ0v) is 22.8. The minimum absolute atomic E-state index is 0.122. The summed E-state index contributed by atoms with van der Waals surface area (Å²) in [4.78, 5) is 18.6. The summed E-state index contributed by atoms with van der Waals surface area (Å²) in [5.41, 5.74) is 5.23. The maximum Gasteiger partial charge on any atom is 0.328 e. The van der Waals surface area contributed by atoms with Gasteiger partial charge in [0.15, 0.2) is 5.82 Å². The van der Waals surface area contributed by atoms with Gasteiger partial charge in [-0.15, -0.1) is 5.10 Å². The maximum absolute atomic E-state index is 14.0. The van der Waals surface area contributed by atoms with Gasteiger partial charge in [-0.1, -0.05) is 70.7 Å². The average molecular weight is 514 g/mol. The summed E-state index contributed by atoms with van der Waals surface area (Å²) >= 11 is 0. The zero-order valence-electron chi connectivity index (χ0n) is 22.8. The van der Waals surface area contributed by atoms with Gasteiger partial charge in [0, 0.05) is 29.7 Å². The number of H-pyrrole nitrogens is 1. The number of unbranched alkanes of at least 4 members (excludes halogenated alkanes) is 1. The molecule has 8 nitrogen and oxygen atoms in total. The van der Waals surface area contributed by atoms with Gasteiger partial charge in [0.05, 0.1) is 12.2 Å². The molecule has 0 radical (unpaired) electrons. The molecule has 3 heterocycles. The molecular weight excluding hydrogens is 474 g/mol. The van der Waals surface area contributed by atoms with Gasteiger partial charge in [-0.2, -0.15) is 0 Å². The Morgan fingerprint density at radius 3 is 2.37 bits per heavy atom. The number of hydrogen-bond acceptors (Lipinski definition) is 5. The number of benzene rings is 1. The number of aromatic nitrogens is 7. The fraction of sp³-hybridized carbons (Fsp3) is 0.500. The number of pyridine rings is 1. The Balaban J connectivity index is 1.45. The van der Waals surface area contributed by atoms with E-state index in [0.717, 1.165) is 60.2 Å². The van der Waals surface area contributed by atoms with Gasteiger partial charge in [0.2, 0.25) is 0 Å². The van der Waals surface area contributed by atoms with Gasteiger partial charge in [-0.05, 0) is 71.2 Å². The van der Waals surface area contributed by atoms with Gasteiger partial charge >= 0.3 is 5.69 Å². The lowest BCUT2D eigenvalue weighted by molar-refractivity contribution is 0.145. The maximum atomic E-state index is 14.0. The van der Waals surface area contributed by atoms with Gasteiger partial charge in [0.25, 0.3) is 0 Å². The van der Waals surface area contributed by atoms with E-state index in [9.17, 15) is 4.79 Å². The predicted octanol–water partition coefficient (Wildman–Crippen LogP) is 6.06. The highest BCUT2D eigenvalue weighted by atomic mass is 16.1. The van der Waals surface area contributed by atoms with Crippen LogP contribution in [0.4, 0.5) is 0 Å². The van der Waals surface area contributed by atoms with Crippen LogP contribution in [0.2, 0.25) is 0 Å². The minimum Gasteiger partial charge on any atom is -0.295 e. The standard InChI is InChI=1S/C30H39N7O/c1-4-7-11-27-20-37(28-21(5-2)9-8-10-22(28)6-3)30(38)36(27)19-26-18-25(16-17-31-26)23-12-14-24(15-13-23)29-32-34-35-33-29/h12-18,20-22,28H,4-11,19H2,1-3H3,(H,32,33,34,35). The summed E-state index contributed by atoms with van der Waals surface area (Å²) < 4.78 is 4.09. The number of aromatic amines is 1. The summed E-state index contributed by atoms with van der Waals surface area (Å²) in [7, 11) is 0. The van der Waals surface area contributed by atoms with E-state index >= 15 is 0 Å². The van der Waals surface area contributed by atoms with E-state index in [-0.39, 0.29) is 5.69 Å². The Bertz CT molecular complexity index is 1360. The van der Waals surface area contributed by atoms with Crippen molar-refractivity contribution in [3.63, 3.8) is 0 Å². The van der Waals surface area contributed by atoms with Crippen LogP contribution in [0.25, 0.3) is 22.5 Å². The molecule has 2 unspecified atom stereocenters. The molecule has 3 aromatic heterocycles. The van der Waals surface area contributed by atoms with Crippen molar-refractivity contribution in [2.45, 2.75) is 84.7 Å². The fourth-order valence-corrected chi connectivity index (χ4v) is 6.21. The quantitative estimate of drug-likeness (QED) is 0.278. The van der Waals surface area contributed by atoms with E-state index in [2.05, 4.69) is 75.3 Å². The van der Waals surface area contributed by atoms with Crippen LogP contribution in [0.1, 0.15) is 83.1 Å². The second-order valence-electron chi connectivity index (χ2n) is 10.6. The van der Waals surface area contributed by atoms with Crippen molar-refractivity contribution in [3.8, 4) is 22.5 Å². The number of rotatable bonds is 10. The third kappa shape index (κ3) is 5.35. The van der Waals surface area contributed by atoms with Gasteiger partial charge in [-0.25, -0.2) is 9.89 Å². The van der Waals surface area contributed by atoms with Gasteiger partial charge in [0.1, 0.15) is 0 Å². The van der Waals surface area contributed by atoms with E-state index in [1.165, 1.54) is 19.3 Å². The molecule has 38 heavy (non-hydrogen) atoms. The predicted molar refractivity (Wildman–Crippen MR) is 150 cm³/mol. The van der Waals surface area contributed by atoms with Crippen molar-refractivity contribution in [3.05, 3.63) is 70.7 Å². The molecule has 0 aliphatic heterocycles. The fourth-order valence-electron chi connectivity index (χ4n) is 6.21. The Labute approximate surface area is 224 Å². The van der Waals surface area contributed by atoms with Crippen LogP contribution in [-0.2, 0) is 13.0 Å². The number of nitrogens with zero attached hydrogens (tertiary/aromatic N) is 6. The number of nitrogens with one attached hydrogen (secondary N) is 1. The number of hydrogen-bond donors (Lipinski definition) is 1. The Kier molecular flexibility index (Phi) is 8.15. The first-order valence-electron chi connectivity index (χ1n) is 14.2. The first kappa shape index (κ1) is 26.1. The van der Waals surface area contributed by atoms with Crippen LogP contribution < -0.4 is 5.69 Å². The van der Waals surface area contributed by atoms with Crippen LogP contribution in [0, 0.1) is 11.8 Å². The zero-order chi connectivity index (χ0) is 26.5. The van der Waals surface area contributed by atoms with Gasteiger partial charge < -0.3 is 0 Å². The molecule has 1 aliphatic rings. The molecule has 0 bridgehead atoms. The molecule has 5 rings (SSSR count). The molecule has 2 atom stereocenters. The molecule has 1 aliphatic carbocycles. The smallest absolute Gasteiger partial charge is 0.295 e. The van der Waals surface area contributed by atoms with Crippen LogP contribution >= 0.6 is 0 Å². The molecule has 1 aromatic carbocycles. The summed E-state index contributed by atoms with van der Waals surface area (Å²) in [5, 5.41) is 14.1. The number of imidazole rings is 1. The van der Waals surface area contributed by atoms with E-state index in [1.807, 2.05) is 29.0 Å². The van der Waals surface area contributed by atoms with Crippen molar-refractivity contribution < 1.29 is 0 Å². The lowest BCUT2D eigenvalue weighted by atomic mass is 9.74. The van der Waals surface area contributed by atoms with Crippen LogP contribution in [0.15, 0.2) is 53.6 Å². The van der Waals surface area contributed by atoms with E-state index in [0.29, 0.717) is 30.2 Å². The first-order valence-corrected chi connectivity index (χ1v) is 14.2. The molecule has 1 fully saturated rings. The van der Waals surface area contributed by atoms with Crippen LogP contribution in [0.3, 0.4) is 0 Å². The SMILES string of the molecule is CCCCc1cn(C2C(CC)CCCC2CC)c(=O)n1Cc1cc(-c2ccc(-c3nnn[nH]3)cc2)ccn1. The first-order chi connectivity index (χ1) is 18.6.